The Morgan fingerprint density at radius 3 is 2.33 bits per heavy atom. The summed E-state index contributed by atoms with van der Waals surface area (Å²) in [6, 6.07) is 7.69. The summed E-state index contributed by atoms with van der Waals surface area (Å²) in [5.74, 6) is 0.781. The molecule has 0 aliphatic heterocycles. The maximum Gasteiger partial charge on any atom is 0.118 e. The molecule has 2 rings (SSSR count). The van der Waals surface area contributed by atoms with Crippen LogP contribution in [0, 0.1) is 0 Å². The van der Waals surface area contributed by atoms with Gasteiger partial charge in [0.25, 0.3) is 0 Å². The van der Waals surface area contributed by atoms with Crippen LogP contribution in [0.4, 0.5) is 0 Å². The summed E-state index contributed by atoms with van der Waals surface area (Å²) in [6.07, 6.45) is 2.93. The molecule has 18 heavy (non-hydrogen) atoms. The SMILES string of the molecule is COc1ccc(C(O)c2cnn(C(C)C)c2)cc1. The summed E-state index contributed by atoms with van der Waals surface area (Å²) >= 11 is 0. The fourth-order valence-corrected chi connectivity index (χ4v) is 1.75. The number of ether oxygens (including phenoxy) is 1. The van der Waals surface area contributed by atoms with Gasteiger partial charge < -0.3 is 9.84 Å². The summed E-state index contributed by atoms with van der Waals surface area (Å²) in [7, 11) is 1.62. The molecule has 4 heteroatoms. The van der Waals surface area contributed by atoms with Crippen LogP contribution in [0.2, 0.25) is 0 Å². The molecule has 1 aromatic heterocycles. The van der Waals surface area contributed by atoms with Gasteiger partial charge in [0.1, 0.15) is 11.9 Å². The van der Waals surface area contributed by atoms with Crippen molar-refractivity contribution in [2.75, 3.05) is 7.11 Å². The molecule has 0 saturated carbocycles. The molecule has 1 atom stereocenters. The van der Waals surface area contributed by atoms with E-state index in [2.05, 4.69) is 18.9 Å². The number of methoxy groups -OCH3 is 1. The van der Waals surface area contributed by atoms with Crippen LogP contribution in [0.5, 0.6) is 5.75 Å². The third kappa shape index (κ3) is 2.54. The van der Waals surface area contributed by atoms with E-state index in [1.165, 1.54) is 0 Å². The van der Waals surface area contributed by atoms with Gasteiger partial charge in [0, 0.05) is 17.8 Å². The quantitative estimate of drug-likeness (QED) is 0.901. The van der Waals surface area contributed by atoms with Crippen molar-refractivity contribution in [1.29, 1.82) is 0 Å². The average Bonchev–Trinajstić information content (AvgIpc) is 2.88. The molecule has 0 amide bonds. The van der Waals surface area contributed by atoms with Crippen LogP contribution in [-0.2, 0) is 0 Å². The third-order valence-corrected chi connectivity index (χ3v) is 2.90. The Morgan fingerprint density at radius 2 is 1.83 bits per heavy atom. The van der Waals surface area contributed by atoms with E-state index < -0.39 is 6.10 Å². The van der Waals surface area contributed by atoms with E-state index in [0.717, 1.165) is 16.9 Å². The molecule has 1 heterocycles. The molecule has 0 aliphatic rings. The predicted octanol–water partition coefficient (Wildman–Crippen LogP) is 2.55. The second kappa shape index (κ2) is 5.23. The fourth-order valence-electron chi connectivity index (χ4n) is 1.75. The highest BCUT2D eigenvalue weighted by molar-refractivity contribution is 5.32. The molecule has 0 aliphatic carbocycles. The predicted molar refractivity (Wildman–Crippen MR) is 69.7 cm³/mol. The second-order valence-corrected chi connectivity index (χ2v) is 4.52. The van der Waals surface area contributed by atoms with E-state index in [0.29, 0.717) is 6.04 Å². The van der Waals surface area contributed by atoms with Crippen molar-refractivity contribution >= 4 is 0 Å². The van der Waals surface area contributed by atoms with E-state index in [1.807, 2.05) is 35.1 Å². The summed E-state index contributed by atoms with van der Waals surface area (Å²) in [4.78, 5) is 0. The minimum Gasteiger partial charge on any atom is -0.497 e. The Kier molecular flexibility index (Phi) is 3.67. The third-order valence-electron chi connectivity index (χ3n) is 2.90. The van der Waals surface area contributed by atoms with Crippen molar-refractivity contribution in [2.24, 2.45) is 0 Å². The maximum absolute atomic E-state index is 10.3. The highest BCUT2D eigenvalue weighted by Crippen LogP contribution is 2.24. The summed E-state index contributed by atoms with van der Waals surface area (Å²) in [5, 5.41) is 14.5. The molecule has 0 spiro atoms. The number of nitrogens with zero attached hydrogens (tertiary/aromatic N) is 2. The summed E-state index contributed by atoms with van der Waals surface area (Å²) < 4.78 is 6.93. The smallest absolute Gasteiger partial charge is 0.118 e. The van der Waals surface area contributed by atoms with Gasteiger partial charge in [0.2, 0.25) is 0 Å². The molecule has 1 N–H and O–H groups in total. The molecule has 0 fully saturated rings. The van der Waals surface area contributed by atoms with Crippen LogP contribution < -0.4 is 4.74 Å². The van der Waals surface area contributed by atoms with Gasteiger partial charge in [0.05, 0.1) is 13.3 Å². The highest BCUT2D eigenvalue weighted by Gasteiger charge is 2.13. The van der Waals surface area contributed by atoms with Gasteiger partial charge in [-0.1, -0.05) is 12.1 Å². The Labute approximate surface area is 107 Å². The Morgan fingerprint density at radius 1 is 1.17 bits per heavy atom. The summed E-state index contributed by atoms with van der Waals surface area (Å²) in [5.41, 5.74) is 1.63. The largest absolute Gasteiger partial charge is 0.497 e. The van der Waals surface area contributed by atoms with E-state index in [4.69, 9.17) is 4.74 Å². The van der Waals surface area contributed by atoms with Crippen molar-refractivity contribution in [1.82, 2.24) is 9.78 Å². The molecule has 0 radical (unpaired) electrons. The second-order valence-electron chi connectivity index (χ2n) is 4.52. The van der Waals surface area contributed by atoms with Crippen LogP contribution >= 0.6 is 0 Å². The minimum absolute atomic E-state index is 0.293. The lowest BCUT2D eigenvalue weighted by Crippen LogP contribution is -2.01. The molecule has 96 valence electrons. The van der Waals surface area contributed by atoms with Crippen molar-refractivity contribution in [3.05, 3.63) is 47.8 Å². The first-order valence-electron chi connectivity index (χ1n) is 5.98. The number of aromatic nitrogens is 2. The van der Waals surface area contributed by atoms with E-state index >= 15 is 0 Å². The topological polar surface area (TPSA) is 47.3 Å². The van der Waals surface area contributed by atoms with Gasteiger partial charge in [-0.3, -0.25) is 4.68 Å². The van der Waals surface area contributed by atoms with Gasteiger partial charge in [-0.2, -0.15) is 5.10 Å². The zero-order chi connectivity index (χ0) is 13.1. The van der Waals surface area contributed by atoms with Gasteiger partial charge in [-0.25, -0.2) is 0 Å². The van der Waals surface area contributed by atoms with Crippen molar-refractivity contribution in [3.8, 4) is 5.75 Å². The van der Waals surface area contributed by atoms with Crippen LogP contribution in [0.15, 0.2) is 36.7 Å². The Balaban J connectivity index is 2.20. The van der Waals surface area contributed by atoms with E-state index in [-0.39, 0.29) is 0 Å². The van der Waals surface area contributed by atoms with Crippen LogP contribution in [0.3, 0.4) is 0 Å². The molecule has 4 nitrogen and oxygen atoms in total. The van der Waals surface area contributed by atoms with Gasteiger partial charge in [-0.05, 0) is 31.5 Å². The lowest BCUT2D eigenvalue weighted by atomic mass is 10.0. The molecule has 1 aromatic carbocycles. The first-order chi connectivity index (χ1) is 8.61. The minimum atomic E-state index is -0.650. The maximum atomic E-state index is 10.3. The van der Waals surface area contributed by atoms with Gasteiger partial charge in [-0.15, -0.1) is 0 Å². The molecule has 1 unspecified atom stereocenters. The van der Waals surface area contributed by atoms with Gasteiger partial charge in [0.15, 0.2) is 0 Å². The zero-order valence-corrected chi connectivity index (χ0v) is 10.9. The number of hydrogen-bond donors (Lipinski definition) is 1. The highest BCUT2D eigenvalue weighted by atomic mass is 16.5. The molecule has 2 aromatic rings. The number of benzene rings is 1. The monoisotopic (exact) mass is 246 g/mol. The first-order valence-corrected chi connectivity index (χ1v) is 5.98. The van der Waals surface area contributed by atoms with Crippen LogP contribution in [-0.4, -0.2) is 22.0 Å². The lowest BCUT2D eigenvalue weighted by Gasteiger charge is -2.10. The summed E-state index contributed by atoms with van der Waals surface area (Å²) in [6.45, 7) is 4.10. The Bertz CT molecular complexity index is 503. The Hall–Kier alpha value is -1.81. The van der Waals surface area contributed by atoms with Crippen LogP contribution in [0.25, 0.3) is 0 Å². The van der Waals surface area contributed by atoms with Crippen molar-refractivity contribution < 1.29 is 9.84 Å². The van der Waals surface area contributed by atoms with E-state index in [9.17, 15) is 5.11 Å². The van der Waals surface area contributed by atoms with Gasteiger partial charge >= 0.3 is 0 Å². The van der Waals surface area contributed by atoms with Crippen LogP contribution in [0.1, 0.15) is 37.1 Å². The van der Waals surface area contributed by atoms with Crippen molar-refractivity contribution in [2.45, 2.75) is 26.0 Å². The molecule has 0 bridgehead atoms. The fraction of sp³-hybridized carbons (Fsp3) is 0.357. The lowest BCUT2D eigenvalue weighted by molar-refractivity contribution is 0.220. The number of aliphatic hydroxyl groups is 1. The standard InChI is InChI=1S/C14H18N2O2/c1-10(2)16-9-12(8-15-16)14(17)11-4-6-13(18-3)7-5-11/h4-10,14,17H,1-3H3. The zero-order valence-electron chi connectivity index (χ0n) is 10.9. The normalized spacial score (nSPS) is 12.7. The molecular weight excluding hydrogens is 228 g/mol. The molecular formula is C14H18N2O2. The molecule has 0 saturated heterocycles. The van der Waals surface area contributed by atoms with Crippen molar-refractivity contribution in [3.63, 3.8) is 0 Å². The number of rotatable bonds is 4. The number of aliphatic hydroxyl groups excluding tert-OH is 1. The first kappa shape index (κ1) is 12.6. The average molecular weight is 246 g/mol. The van der Waals surface area contributed by atoms with E-state index in [1.54, 1.807) is 13.3 Å². The number of hydrogen-bond acceptors (Lipinski definition) is 3.